The number of carbonyl (C=O) groups excluding carboxylic acids is 1. The Labute approximate surface area is 119 Å². The Bertz CT molecular complexity index is 683. The average Bonchev–Trinajstić information content (AvgIpc) is 2.85. The monoisotopic (exact) mass is 263 g/mol. The highest BCUT2D eigenvalue weighted by Gasteiger charge is 2.27. The van der Waals surface area contributed by atoms with Gasteiger partial charge in [-0.2, -0.15) is 0 Å². The molecule has 2 aromatic carbocycles. The number of likely N-dealkylation sites (tertiary alicyclic amines) is 1. The van der Waals surface area contributed by atoms with Gasteiger partial charge < -0.3 is 4.90 Å². The molecule has 2 nitrogen and oxygen atoms in total. The SMILES string of the molecule is C#CC1CC(=O)N(CCc2ccc3ccccc3c2)C1. The van der Waals surface area contributed by atoms with Crippen LogP contribution in [0.3, 0.4) is 0 Å². The quantitative estimate of drug-likeness (QED) is 0.780. The van der Waals surface area contributed by atoms with Crippen LogP contribution >= 0.6 is 0 Å². The fraction of sp³-hybridized carbons (Fsp3) is 0.278. The summed E-state index contributed by atoms with van der Waals surface area (Å²) in [5.74, 6) is 2.97. The topological polar surface area (TPSA) is 20.3 Å². The van der Waals surface area contributed by atoms with E-state index in [1.807, 2.05) is 17.0 Å². The van der Waals surface area contributed by atoms with E-state index in [9.17, 15) is 4.79 Å². The Morgan fingerprint density at radius 2 is 2.00 bits per heavy atom. The number of hydrogen-bond donors (Lipinski definition) is 0. The summed E-state index contributed by atoms with van der Waals surface area (Å²) in [5.41, 5.74) is 1.26. The molecule has 1 heterocycles. The number of benzene rings is 2. The molecule has 2 heteroatoms. The molecule has 1 aliphatic rings. The molecule has 1 aliphatic heterocycles. The summed E-state index contributed by atoms with van der Waals surface area (Å²) in [6.45, 7) is 1.47. The molecule has 1 fully saturated rings. The van der Waals surface area contributed by atoms with Crippen molar-refractivity contribution < 1.29 is 4.79 Å². The zero-order valence-corrected chi connectivity index (χ0v) is 11.4. The van der Waals surface area contributed by atoms with E-state index in [0.29, 0.717) is 13.0 Å². The molecule has 0 aromatic heterocycles. The Morgan fingerprint density at radius 1 is 1.20 bits per heavy atom. The minimum absolute atomic E-state index is 0.0964. The fourth-order valence-corrected chi connectivity index (χ4v) is 2.76. The summed E-state index contributed by atoms with van der Waals surface area (Å²) in [4.78, 5) is 13.7. The van der Waals surface area contributed by atoms with Crippen molar-refractivity contribution in [1.29, 1.82) is 0 Å². The minimum atomic E-state index is 0.0964. The molecule has 0 saturated carbocycles. The number of nitrogens with zero attached hydrogens (tertiary/aromatic N) is 1. The number of carbonyl (C=O) groups is 1. The normalized spacial score (nSPS) is 18.4. The highest BCUT2D eigenvalue weighted by atomic mass is 16.2. The molecule has 1 atom stereocenters. The van der Waals surface area contributed by atoms with Crippen molar-refractivity contribution in [1.82, 2.24) is 4.90 Å². The van der Waals surface area contributed by atoms with Crippen LogP contribution in [0.2, 0.25) is 0 Å². The average molecular weight is 263 g/mol. The van der Waals surface area contributed by atoms with Crippen molar-refractivity contribution in [2.75, 3.05) is 13.1 Å². The molecule has 1 saturated heterocycles. The summed E-state index contributed by atoms with van der Waals surface area (Å²) >= 11 is 0. The molecular formula is C18H17NO. The predicted octanol–water partition coefficient (Wildman–Crippen LogP) is 2.86. The van der Waals surface area contributed by atoms with Crippen LogP contribution in [-0.4, -0.2) is 23.9 Å². The molecule has 2 aromatic rings. The Hall–Kier alpha value is -2.27. The van der Waals surface area contributed by atoms with Gasteiger partial charge in [0.2, 0.25) is 5.91 Å². The molecule has 20 heavy (non-hydrogen) atoms. The number of hydrogen-bond acceptors (Lipinski definition) is 1. The predicted molar refractivity (Wildman–Crippen MR) is 81.2 cm³/mol. The summed E-state index contributed by atoms with van der Waals surface area (Å²) in [6, 6.07) is 14.8. The zero-order valence-electron chi connectivity index (χ0n) is 11.4. The van der Waals surface area contributed by atoms with E-state index in [0.717, 1.165) is 13.0 Å². The van der Waals surface area contributed by atoms with Crippen LogP contribution < -0.4 is 0 Å². The molecule has 1 amide bonds. The lowest BCUT2D eigenvalue weighted by Gasteiger charge is -2.15. The van der Waals surface area contributed by atoms with Crippen molar-refractivity contribution in [2.45, 2.75) is 12.8 Å². The third kappa shape index (κ3) is 2.53. The second kappa shape index (κ2) is 5.38. The Kier molecular flexibility index (Phi) is 3.43. The first-order valence-corrected chi connectivity index (χ1v) is 6.98. The van der Waals surface area contributed by atoms with Crippen LogP contribution in [0, 0.1) is 18.3 Å². The maximum absolute atomic E-state index is 11.8. The second-order valence-corrected chi connectivity index (χ2v) is 5.34. The number of rotatable bonds is 3. The van der Waals surface area contributed by atoms with E-state index < -0.39 is 0 Å². The van der Waals surface area contributed by atoms with E-state index >= 15 is 0 Å². The molecule has 100 valence electrons. The van der Waals surface area contributed by atoms with E-state index in [4.69, 9.17) is 6.42 Å². The molecule has 0 N–H and O–H groups in total. The van der Waals surface area contributed by atoms with Crippen molar-refractivity contribution in [3.63, 3.8) is 0 Å². The second-order valence-electron chi connectivity index (χ2n) is 5.34. The summed E-state index contributed by atoms with van der Waals surface area (Å²) in [7, 11) is 0. The van der Waals surface area contributed by atoms with Crippen LogP contribution in [0.15, 0.2) is 42.5 Å². The van der Waals surface area contributed by atoms with Crippen molar-refractivity contribution in [3.8, 4) is 12.3 Å². The van der Waals surface area contributed by atoms with Crippen LogP contribution in [0.1, 0.15) is 12.0 Å². The first-order chi connectivity index (χ1) is 9.76. The first-order valence-electron chi connectivity index (χ1n) is 6.98. The highest BCUT2D eigenvalue weighted by molar-refractivity contribution is 5.83. The third-order valence-electron chi connectivity index (χ3n) is 3.93. The van der Waals surface area contributed by atoms with Crippen molar-refractivity contribution in [2.24, 2.45) is 5.92 Å². The third-order valence-corrected chi connectivity index (χ3v) is 3.93. The van der Waals surface area contributed by atoms with Gasteiger partial charge in [-0.3, -0.25) is 4.79 Å². The Morgan fingerprint density at radius 3 is 2.75 bits per heavy atom. The molecular weight excluding hydrogens is 246 g/mol. The summed E-state index contributed by atoms with van der Waals surface area (Å²) < 4.78 is 0. The minimum Gasteiger partial charge on any atom is -0.341 e. The van der Waals surface area contributed by atoms with Gasteiger partial charge in [-0.15, -0.1) is 12.3 Å². The molecule has 0 radical (unpaired) electrons. The van der Waals surface area contributed by atoms with Gasteiger partial charge in [0.25, 0.3) is 0 Å². The van der Waals surface area contributed by atoms with Crippen LogP contribution in [-0.2, 0) is 11.2 Å². The van der Waals surface area contributed by atoms with E-state index in [1.54, 1.807) is 0 Å². The molecule has 0 aliphatic carbocycles. The molecule has 3 rings (SSSR count). The molecule has 0 bridgehead atoms. The van der Waals surface area contributed by atoms with E-state index in [-0.39, 0.29) is 11.8 Å². The summed E-state index contributed by atoms with van der Waals surface area (Å²) in [5, 5.41) is 2.50. The van der Waals surface area contributed by atoms with E-state index in [2.05, 4.69) is 36.3 Å². The lowest BCUT2D eigenvalue weighted by Crippen LogP contribution is -2.27. The van der Waals surface area contributed by atoms with Gasteiger partial charge in [-0.25, -0.2) is 0 Å². The molecule has 0 spiro atoms. The van der Waals surface area contributed by atoms with Gasteiger partial charge in [0.05, 0.1) is 0 Å². The maximum Gasteiger partial charge on any atom is 0.223 e. The van der Waals surface area contributed by atoms with E-state index in [1.165, 1.54) is 16.3 Å². The van der Waals surface area contributed by atoms with Gasteiger partial charge in [0, 0.05) is 25.4 Å². The zero-order chi connectivity index (χ0) is 13.9. The van der Waals surface area contributed by atoms with Gasteiger partial charge in [0.15, 0.2) is 0 Å². The smallest absolute Gasteiger partial charge is 0.223 e. The number of amides is 1. The highest BCUT2D eigenvalue weighted by Crippen LogP contribution is 2.19. The largest absolute Gasteiger partial charge is 0.341 e. The van der Waals surface area contributed by atoms with Gasteiger partial charge in [-0.05, 0) is 22.8 Å². The Balaban J connectivity index is 1.68. The van der Waals surface area contributed by atoms with Gasteiger partial charge in [-0.1, -0.05) is 42.5 Å². The number of fused-ring (bicyclic) bond motifs is 1. The fourth-order valence-electron chi connectivity index (χ4n) is 2.76. The van der Waals surface area contributed by atoms with Crippen LogP contribution in [0.5, 0.6) is 0 Å². The van der Waals surface area contributed by atoms with Crippen LogP contribution in [0.25, 0.3) is 10.8 Å². The lowest BCUT2D eigenvalue weighted by atomic mass is 10.1. The van der Waals surface area contributed by atoms with Gasteiger partial charge >= 0.3 is 0 Å². The maximum atomic E-state index is 11.8. The van der Waals surface area contributed by atoms with Gasteiger partial charge in [0.1, 0.15) is 0 Å². The van der Waals surface area contributed by atoms with Crippen molar-refractivity contribution >= 4 is 16.7 Å². The lowest BCUT2D eigenvalue weighted by molar-refractivity contribution is -0.127. The number of terminal acetylenes is 1. The first kappa shape index (κ1) is 12.7. The summed E-state index contributed by atoms with van der Waals surface area (Å²) in [6.07, 6.45) is 6.79. The van der Waals surface area contributed by atoms with Crippen molar-refractivity contribution in [3.05, 3.63) is 48.0 Å². The standard InChI is InChI=1S/C18H17NO/c1-2-14-12-18(20)19(13-14)10-9-15-7-8-16-5-3-4-6-17(16)11-15/h1,3-8,11,14H,9-10,12-13H2. The van der Waals surface area contributed by atoms with Crippen LogP contribution in [0.4, 0.5) is 0 Å². The molecule has 1 unspecified atom stereocenters.